The van der Waals surface area contributed by atoms with Gasteiger partial charge in [0.1, 0.15) is 5.75 Å². The molecule has 0 aliphatic heterocycles. The lowest BCUT2D eigenvalue weighted by atomic mass is 10.1. The van der Waals surface area contributed by atoms with Crippen molar-refractivity contribution in [3.05, 3.63) is 35.5 Å². The Bertz CT molecular complexity index is 638. The summed E-state index contributed by atoms with van der Waals surface area (Å²) in [5, 5.41) is 1.09. The molecule has 0 aliphatic carbocycles. The Morgan fingerprint density at radius 1 is 1.33 bits per heavy atom. The smallest absolute Gasteiger partial charge is 0.217 e. The normalized spacial score (nSPS) is 10.8. The van der Waals surface area contributed by atoms with E-state index in [4.69, 9.17) is 10.5 Å². The Morgan fingerprint density at radius 2 is 2.14 bits per heavy atom. The second kappa shape index (κ2) is 7.07. The molecule has 1 heterocycles. The number of carbonyl (C=O) groups excluding carboxylic acids is 1. The molecule has 2 rings (SSSR count). The second-order valence-corrected chi connectivity index (χ2v) is 5.28. The van der Waals surface area contributed by atoms with Crippen LogP contribution in [0.15, 0.2) is 24.3 Å². The van der Waals surface area contributed by atoms with Gasteiger partial charge in [-0.15, -0.1) is 0 Å². The topological polar surface area (TPSA) is 65.2 Å². The molecular formula is C17H22N2O2. The van der Waals surface area contributed by atoms with Gasteiger partial charge in [-0.25, -0.2) is 0 Å². The summed E-state index contributed by atoms with van der Waals surface area (Å²) in [6.07, 6.45) is 3.09. The van der Waals surface area contributed by atoms with Crippen LogP contribution in [0.4, 0.5) is 0 Å². The number of amides is 1. The van der Waals surface area contributed by atoms with Crippen molar-refractivity contribution in [3.63, 3.8) is 0 Å². The molecule has 0 aliphatic rings. The fourth-order valence-electron chi connectivity index (χ4n) is 2.25. The average molecular weight is 286 g/mol. The first-order valence-electron chi connectivity index (χ1n) is 7.41. The highest BCUT2D eigenvalue weighted by molar-refractivity contribution is 5.83. The molecule has 2 aromatic rings. The zero-order valence-corrected chi connectivity index (χ0v) is 12.7. The molecule has 0 saturated carbocycles. The van der Waals surface area contributed by atoms with Gasteiger partial charge in [0.05, 0.1) is 12.1 Å². The van der Waals surface area contributed by atoms with Crippen molar-refractivity contribution >= 4 is 16.8 Å². The maximum Gasteiger partial charge on any atom is 0.217 e. The Kier molecular flexibility index (Phi) is 5.14. The minimum absolute atomic E-state index is 0.297. The number of pyridine rings is 1. The van der Waals surface area contributed by atoms with Crippen molar-refractivity contribution in [2.45, 2.75) is 39.5 Å². The number of primary amides is 1. The van der Waals surface area contributed by atoms with E-state index in [-0.39, 0.29) is 5.91 Å². The van der Waals surface area contributed by atoms with Crippen molar-refractivity contribution in [2.75, 3.05) is 6.61 Å². The summed E-state index contributed by atoms with van der Waals surface area (Å²) in [4.78, 5) is 15.5. The minimum atomic E-state index is -0.297. The van der Waals surface area contributed by atoms with Crippen LogP contribution in [0, 0.1) is 6.92 Å². The van der Waals surface area contributed by atoms with E-state index in [0.29, 0.717) is 12.8 Å². The number of ether oxygens (including phenoxy) is 1. The predicted molar refractivity (Wildman–Crippen MR) is 84.4 cm³/mol. The molecule has 4 nitrogen and oxygen atoms in total. The first kappa shape index (κ1) is 15.3. The fourth-order valence-corrected chi connectivity index (χ4v) is 2.25. The van der Waals surface area contributed by atoms with E-state index >= 15 is 0 Å². The van der Waals surface area contributed by atoms with Crippen LogP contribution in [-0.2, 0) is 11.2 Å². The summed E-state index contributed by atoms with van der Waals surface area (Å²) in [5.41, 5.74) is 8.15. The van der Waals surface area contributed by atoms with Crippen molar-refractivity contribution in [1.82, 2.24) is 4.98 Å². The van der Waals surface area contributed by atoms with Crippen LogP contribution in [0.5, 0.6) is 5.75 Å². The van der Waals surface area contributed by atoms with Gasteiger partial charge in [-0.3, -0.25) is 9.78 Å². The summed E-state index contributed by atoms with van der Waals surface area (Å²) in [6, 6.07) is 7.96. The number of unbranched alkanes of at least 4 members (excludes halogenated alkanes) is 1. The summed E-state index contributed by atoms with van der Waals surface area (Å²) < 4.78 is 5.73. The summed E-state index contributed by atoms with van der Waals surface area (Å²) in [7, 11) is 0. The maximum absolute atomic E-state index is 10.9. The molecule has 0 bridgehead atoms. The summed E-state index contributed by atoms with van der Waals surface area (Å²) in [5.74, 6) is 0.583. The van der Waals surface area contributed by atoms with Gasteiger partial charge < -0.3 is 10.5 Å². The van der Waals surface area contributed by atoms with Crippen LogP contribution in [0.2, 0.25) is 0 Å². The van der Waals surface area contributed by atoms with Crippen LogP contribution >= 0.6 is 0 Å². The lowest BCUT2D eigenvalue weighted by Gasteiger charge is -2.09. The monoisotopic (exact) mass is 286 g/mol. The number of aromatic nitrogens is 1. The standard InChI is InChI=1S/C17H22N2O2/c1-3-4-9-21-14-6-7-16-15(11-14)12(2)10-13(19-16)5-8-17(18)20/h6-7,10-11H,3-5,8-9H2,1-2H3,(H2,18,20). The van der Waals surface area contributed by atoms with Crippen molar-refractivity contribution in [1.29, 1.82) is 0 Å². The van der Waals surface area contributed by atoms with Gasteiger partial charge in [0, 0.05) is 17.5 Å². The van der Waals surface area contributed by atoms with Gasteiger partial charge in [0.25, 0.3) is 0 Å². The van der Waals surface area contributed by atoms with Crippen molar-refractivity contribution in [2.24, 2.45) is 5.73 Å². The molecule has 0 unspecified atom stereocenters. The lowest BCUT2D eigenvalue weighted by Crippen LogP contribution is -2.11. The maximum atomic E-state index is 10.9. The van der Waals surface area contributed by atoms with E-state index in [0.717, 1.165) is 47.4 Å². The van der Waals surface area contributed by atoms with E-state index in [1.165, 1.54) is 0 Å². The highest BCUT2D eigenvalue weighted by Crippen LogP contribution is 2.24. The quantitative estimate of drug-likeness (QED) is 0.795. The second-order valence-electron chi connectivity index (χ2n) is 5.28. The zero-order valence-electron chi connectivity index (χ0n) is 12.7. The molecule has 1 aromatic heterocycles. The number of hydrogen-bond acceptors (Lipinski definition) is 3. The highest BCUT2D eigenvalue weighted by Gasteiger charge is 2.06. The van der Waals surface area contributed by atoms with Gasteiger partial charge >= 0.3 is 0 Å². The Balaban J connectivity index is 2.21. The SMILES string of the molecule is CCCCOc1ccc2nc(CCC(N)=O)cc(C)c2c1. The number of nitrogens with zero attached hydrogens (tertiary/aromatic N) is 1. The number of nitrogens with two attached hydrogens (primary N) is 1. The molecule has 0 saturated heterocycles. The van der Waals surface area contributed by atoms with Crippen LogP contribution in [0.3, 0.4) is 0 Å². The number of hydrogen-bond donors (Lipinski definition) is 1. The molecule has 0 fully saturated rings. The third-order valence-electron chi connectivity index (χ3n) is 3.43. The summed E-state index contributed by atoms with van der Waals surface area (Å²) >= 11 is 0. The van der Waals surface area contributed by atoms with Crippen LogP contribution in [0.1, 0.15) is 37.4 Å². The van der Waals surface area contributed by atoms with Gasteiger partial charge in [0.15, 0.2) is 0 Å². The Labute approximate surface area is 125 Å². The third kappa shape index (κ3) is 4.18. The molecule has 1 amide bonds. The number of rotatable bonds is 7. The lowest BCUT2D eigenvalue weighted by molar-refractivity contribution is -0.118. The first-order valence-corrected chi connectivity index (χ1v) is 7.41. The molecule has 21 heavy (non-hydrogen) atoms. The van der Waals surface area contributed by atoms with Gasteiger partial charge in [-0.2, -0.15) is 0 Å². The Morgan fingerprint density at radius 3 is 2.86 bits per heavy atom. The van der Waals surface area contributed by atoms with Gasteiger partial charge in [-0.1, -0.05) is 13.3 Å². The molecule has 0 spiro atoms. The van der Waals surface area contributed by atoms with E-state index < -0.39 is 0 Å². The molecule has 1 aromatic carbocycles. The van der Waals surface area contributed by atoms with E-state index in [9.17, 15) is 4.79 Å². The van der Waals surface area contributed by atoms with Gasteiger partial charge in [-0.05, 0) is 49.6 Å². The largest absolute Gasteiger partial charge is 0.494 e. The number of aryl methyl sites for hydroxylation is 2. The summed E-state index contributed by atoms with van der Waals surface area (Å²) in [6.45, 7) is 4.93. The van der Waals surface area contributed by atoms with Crippen LogP contribution in [0.25, 0.3) is 10.9 Å². The average Bonchev–Trinajstić information content (AvgIpc) is 2.46. The van der Waals surface area contributed by atoms with Gasteiger partial charge in [0.2, 0.25) is 5.91 Å². The number of fused-ring (bicyclic) bond motifs is 1. The molecular weight excluding hydrogens is 264 g/mol. The van der Waals surface area contributed by atoms with E-state index in [2.05, 4.69) is 11.9 Å². The van der Waals surface area contributed by atoms with E-state index in [1.54, 1.807) is 0 Å². The molecule has 0 radical (unpaired) electrons. The molecule has 4 heteroatoms. The fraction of sp³-hybridized carbons (Fsp3) is 0.412. The van der Waals surface area contributed by atoms with Crippen molar-refractivity contribution in [3.8, 4) is 5.75 Å². The molecule has 0 atom stereocenters. The predicted octanol–water partition coefficient (Wildman–Crippen LogP) is 3.14. The van der Waals surface area contributed by atoms with Crippen LogP contribution in [-0.4, -0.2) is 17.5 Å². The number of carbonyl (C=O) groups is 1. The zero-order chi connectivity index (χ0) is 15.2. The Hall–Kier alpha value is -2.10. The molecule has 112 valence electrons. The van der Waals surface area contributed by atoms with Crippen molar-refractivity contribution < 1.29 is 9.53 Å². The molecule has 2 N–H and O–H groups in total. The number of benzene rings is 1. The minimum Gasteiger partial charge on any atom is -0.494 e. The first-order chi connectivity index (χ1) is 10.1. The highest BCUT2D eigenvalue weighted by atomic mass is 16.5. The van der Waals surface area contributed by atoms with Crippen LogP contribution < -0.4 is 10.5 Å². The van der Waals surface area contributed by atoms with E-state index in [1.807, 2.05) is 31.2 Å². The third-order valence-corrected chi connectivity index (χ3v) is 3.43.